The molecule has 2 saturated heterocycles. The van der Waals surface area contributed by atoms with E-state index >= 15 is 0 Å². The maximum atomic E-state index is 4.40. The maximum absolute atomic E-state index is 4.40. The van der Waals surface area contributed by atoms with Crippen LogP contribution in [0.5, 0.6) is 0 Å². The van der Waals surface area contributed by atoms with Gasteiger partial charge in [0.25, 0.3) is 0 Å². The molecule has 0 bridgehead atoms. The molecule has 0 amide bonds. The minimum atomic E-state index is 0.791. The van der Waals surface area contributed by atoms with Gasteiger partial charge in [-0.1, -0.05) is 0 Å². The molecular formula is C12H22S8. The average molecular weight is 423 g/mol. The fourth-order valence-electron chi connectivity index (χ4n) is 1.86. The van der Waals surface area contributed by atoms with Crippen molar-refractivity contribution in [3.63, 3.8) is 0 Å². The van der Waals surface area contributed by atoms with Crippen molar-refractivity contribution in [2.24, 2.45) is 0 Å². The molecule has 0 spiro atoms. The molecule has 0 saturated carbocycles. The summed E-state index contributed by atoms with van der Waals surface area (Å²) in [5, 5.41) is 1.58. The van der Waals surface area contributed by atoms with Crippen LogP contribution in [0.15, 0.2) is 0 Å². The number of hydrogen-bond donors (Lipinski definition) is 2. The van der Waals surface area contributed by atoms with Gasteiger partial charge >= 0.3 is 0 Å². The summed E-state index contributed by atoms with van der Waals surface area (Å²) in [5.74, 6) is 9.94. The van der Waals surface area contributed by atoms with Crippen molar-refractivity contribution in [2.75, 3.05) is 46.0 Å². The predicted molar refractivity (Wildman–Crippen MR) is 118 cm³/mol. The monoisotopic (exact) mass is 422 g/mol. The first-order valence-electron chi connectivity index (χ1n) is 6.73. The maximum Gasteiger partial charge on any atom is 0.0596 e. The van der Waals surface area contributed by atoms with Crippen molar-refractivity contribution in [3.8, 4) is 0 Å². The third-order valence-corrected chi connectivity index (χ3v) is 14.1. The number of thioether (sulfide) groups is 6. The first kappa shape index (κ1) is 19.1. The Kier molecular flexibility index (Phi) is 10.9. The van der Waals surface area contributed by atoms with Gasteiger partial charge in [-0.2, -0.15) is 48.8 Å². The van der Waals surface area contributed by atoms with E-state index in [1.165, 1.54) is 34.5 Å². The smallest absolute Gasteiger partial charge is 0.0596 e. The normalized spacial score (nSPS) is 33.9. The first-order valence-corrected chi connectivity index (χ1v) is 14.3. The van der Waals surface area contributed by atoms with Crippen molar-refractivity contribution in [1.29, 1.82) is 0 Å². The van der Waals surface area contributed by atoms with Gasteiger partial charge in [0.1, 0.15) is 0 Å². The van der Waals surface area contributed by atoms with Crippen LogP contribution in [0, 0.1) is 0 Å². The standard InChI is InChI=1S/C12H22S8/c13-3-9-5-17-11(19-9)7-15-1-2-16-8-12-18-6-10(4-14)20-12/h9-14H,1-8H2. The van der Waals surface area contributed by atoms with Gasteiger partial charge in [-0.05, 0) is 0 Å². The second kappa shape index (κ2) is 11.4. The molecule has 4 unspecified atom stereocenters. The molecule has 2 rings (SSSR count). The Hall–Kier alpha value is 2.80. The zero-order valence-corrected chi connectivity index (χ0v) is 18.0. The van der Waals surface area contributed by atoms with Crippen LogP contribution >= 0.6 is 95.8 Å². The molecule has 118 valence electrons. The Morgan fingerprint density at radius 1 is 0.800 bits per heavy atom. The molecule has 0 nitrogen and oxygen atoms in total. The summed E-state index contributed by atoms with van der Waals surface area (Å²) in [5.41, 5.74) is 0. The summed E-state index contributed by atoms with van der Waals surface area (Å²) in [6.07, 6.45) is 0. The van der Waals surface area contributed by atoms with Gasteiger partial charge in [-0.15, -0.1) is 47.0 Å². The molecular weight excluding hydrogens is 401 g/mol. The Labute approximate surface area is 160 Å². The molecule has 0 N–H and O–H groups in total. The van der Waals surface area contributed by atoms with Crippen LogP contribution in [-0.2, 0) is 0 Å². The summed E-state index contributed by atoms with van der Waals surface area (Å²) in [6.45, 7) is 0. The summed E-state index contributed by atoms with van der Waals surface area (Å²) < 4.78 is 1.64. The molecule has 2 aliphatic rings. The summed E-state index contributed by atoms with van der Waals surface area (Å²) >= 11 is 21.6. The SMILES string of the molecule is SCC1CSC(CSCCSCC2SCC(CS)S2)S1. The lowest BCUT2D eigenvalue weighted by molar-refractivity contribution is 1.17. The molecule has 2 heterocycles. The van der Waals surface area contributed by atoms with E-state index in [-0.39, 0.29) is 0 Å². The van der Waals surface area contributed by atoms with Crippen molar-refractivity contribution in [1.82, 2.24) is 0 Å². The van der Waals surface area contributed by atoms with Gasteiger partial charge in [-0.3, -0.25) is 0 Å². The average Bonchev–Trinajstić information content (AvgIpc) is 3.11. The minimum absolute atomic E-state index is 0.791. The van der Waals surface area contributed by atoms with E-state index in [4.69, 9.17) is 0 Å². The van der Waals surface area contributed by atoms with E-state index in [1.54, 1.807) is 0 Å². The van der Waals surface area contributed by atoms with Gasteiger partial charge in [0.05, 0.1) is 9.16 Å². The fourth-order valence-corrected chi connectivity index (χ4v) is 12.5. The lowest BCUT2D eigenvalue weighted by atomic mass is 10.6. The number of hydrogen-bond acceptors (Lipinski definition) is 8. The quantitative estimate of drug-likeness (QED) is 0.406. The van der Waals surface area contributed by atoms with Crippen LogP contribution in [0.2, 0.25) is 0 Å². The second-order valence-electron chi connectivity index (χ2n) is 4.56. The van der Waals surface area contributed by atoms with E-state index in [1.807, 2.05) is 0 Å². The van der Waals surface area contributed by atoms with Crippen LogP contribution < -0.4 is 0 Å². The first-order chi connectivity index (χ1) is 9.81. The highest BCUT2D eigenvalue weighted by molar-refractivity contribution is 8.22. The molecule has 0 aliphatic carbocycles. The Morgan fingerprint density at radius 2 is 1.25 bits per heavy atom. The van der Waals surface area contributed by atoms with Gasteiger partial charge in [0.15, 0.2) is 0 Å². The van der Waals surface area contributed by atoms with Crippen molar-refractivity contribution < 1.29 is 0 Å². The summed E-state index contributed by atoms with van der Waals surface area (Å²) in [6, 6.07) is 0. The Balaban J connectivity index is 1.41. The second-order valence-corrected chi connectivity index (χ2v) is 13.7. The Morgan fingerprint density at radius 3 is 1.60 bits per heavy atom. The minimum Gasteiger partial charge on any atom is -0.178 e. The molecule has 8 heteroatoms. The molecule has 0 aromatic rings. The Bertz CT molecular complexity index is 238. The largest absolute Gasteiger partial charge is 0.178 e. The summed E-state index contributed by atoms with van der Waals surface area (Å²) in [7, 11) is 0. The van der Waals surface area contributed by atoms with Crippen molar-refractivity contribution in [3.05, 3.63) is 0 Å². The van der Waals surface area contributed by atoms with Crippen LogP contribution in [-0.4, -0.2) is 65.7 Å². The van der Waals surface area contributed by atoms with Crippen LogP contribution in [0.4, 0.5) is 0 Å². The molecule has 4 atom stereocenters. The van der Waals surface area contributed by atoms with Crippen LogP contribution in [0.1, 0.15) is 0 Å². The van der Waals surface area contributed by atoms with Crippen molar-refractivity contribution >= 4 is 95.8 Å². The van der Waals surface area contributed by atoms with Crippen LogP contribution in [0.3, 0.4) is 0 Å². The van der Waals surface area contributed by atoms with E-state index in [2.05, 4.69) is 95.8 Å². The summed E-state index contributed by atoms with van der Waals surface area (Å²) in [4.78, 5) is 0. The van der Waals surface area contributed by atoms with E-state index in [9.17, 15) is 0 Å². The number of thiol groups is 2. The topological polar surface area (TPSA) is 0 Å². The van der Waals surface area contributed by atoms with Gasteiger partial charge in [-0.25, -0.2) is 0 Å². The van der Waals surface area contributed by atoms with E-state index in [0.29, 0.717) is 0 Å². The highest BCUT2D eigenvalue weighted by atomic mass is 32.2. The zero-order valence-electron chi connectivity index (χ0n) is 11.3. The zero-order chi connectivity index (χ0) is 14.2. The predicted octanol–water partition coefficient (Wildman–Crippen LogP) is 4.66. The lowest BCUT2D eigenvalue weighted by Crippen LogP contribution is -2.04. The highest BCUT2D eigenvalue weighted by Gasteiger charge is 2.25. The molecule has 20 heavy (non-hydrogen) atoms. The number of rotatable bonds is 9. The third-order valence-electron chi connectivity index (χ3n) is 2.91. The van der Waals surface area contributed by atoms with Gasteiger partial charge in [0, 0.05) is 56.5 Å². The molecule has 2 aliphatic heterocycles. The van der Waals surface area contributed by atoms with Crippen LogP contribution in [0.25, 0.3) is 0 Å². The van der Waals surface area contributed by atoms with E-state index in [0.717, 1.165) is 31.2 Å². The molecule has 2 fully saturated rings. The van der Waals surface area contributed by atoms with Gasteiger partial charge in [0.2, 0.25) is 0 Å². The third kappa shape index (κ3) is 7.14. The van der Waals surface area contributed by atoms with E-state index < -0.39 is 0 Å². The van der Waals surface area contributed by atoms with Gasteiger partial charge < -0.3 is 0 Å². The molecule has 0 radical (unpaired) electrons. The highest BCUT2D eigenvalue weighted by Crippen LogP contribution is 2.41. The fraction of sp³-hybridized carbons (Fsp3) is 1.00. The lowest BCUT2D eigenvalue weighted by Gasteiger charge is -2.10. The molecule has 0 aromatic carbocycles. The molecule has 0 aromatic heterocycles. The van der Waals surface area contributed by atoms with Crippen molar-refractivity contribution in [2.45, 2.75) is 19.7 Å².